The highest BCUT2D eigenvalue weighted by Gasteiger charge is 2.12. The Balaban J connectivity index is 2.03. The van der Waals surface area contributed by atoms with Crippen LogP contribution in [0.2, 0.25) is 0 Å². The molecule has 2 N–H and O–H groups in total. The third kappa shape index (κ3) is 4.54. The highest BCUT2D eigenvalue weighted by atomic mass is 32.2. The van der Waals surface area contributed by atoms with Gasteiger partial charge in [-0.05, 0) is 31.0 Å². The molecule has 1 aromatic carbocycles. The minimum Gasteiger partial charge on any atom is -0.331 e. The summed E-state index contributed by atoms with van der Waals surface area (Å²) < 4.78 is 25.1. The predicted molar refractivity (Wildman–Crippen MR) is 90.5 cm³/mol. The quantitative estimate of drug-likeness (QED) is 0.824. The summed E-state index contributed by atoms with van der Waals surface area (Å²) in [7, 11) is -3.33. The van der Waals surface area contributed by atoms with Crippen molar-refractivity contribution in [1.82, 2.24) is 20.1 Å². The summed E-state index contributed by atoms with van der Waals surface area (Å²) in [5, 5.41) is 13.2. The minimum atomic E-state index is -3.33. The number of nitrogens with zero attached hydrogens (tertiary/aromatic N) is 3. The fourth-order valence-corrected chi connectivity index (χ4v) is 2.78. The molecule has 1 aromatic heterocycles. The largest absolute Gasteiger partial charge is 0.331 e. The number of hydrogen-bond donors (Lipinski definition) is 2. The first-order valence-corrected chi connectivity index (χ1v) is 9.42. The lowest BCUT2D eigenvalue weighted by atomic mass is 10.2. The van der Waals surface area contributed by atoms with Crippen LogP contribution in [0.4, 0.5) is 10.5 Å². The maximum absolute atomic E-state index is 12.1. The molecule has 0 spiro atoms. The fourth-order valence-electron chi connectivity index (χ4n) is 2.14. The summed E-state index contributed by atoms with van der Waals surface area (Å²) in [6.45, 7) is 4.85. The van der Waals surface area contributed by atoms with Crippen molar-refractivity contribution in [2.24, 2.45) is 0 Å². The molecule has 0 aliphatic heterocycles. The van der Waals surface area contributed by atoms with Gasteiger partial charge >= 0.3 is 6.03 Å². The summed E-state index contributed by atoms with van der Waals surface area (Å²) in [5.41, 5.74) is 1.22. The van der Waals surface area contributed by atoms with Crippen molar-refractivity contribution in [3.05, 3.63) is 35.9 Å². The number of nitrogens with one attached hydrogen (secondary N) is 2. The van der Waals surface area contributed by atoms with Gasteiger partial charge in [0.1, 0.15) is 6.33 Å². The maximum Gasteiger partial charge on any atom is 0.319 e. The maximum atomic E-state index is 12.1. The van der Waals surface area contributed by atoms with E-state index in [2.05, 4.69) is 20.8 Å². The van der Waals surface area contributed by atoms with E-state index in [0.717, 1.165) is 24.8 Å². The normalized spacial score (nSPS) is 11.3. The molecule has 0 fully saturated rings. The van der Waals surface area contributed by atoms with E-state index in [1.165, 1.54) is 12.1 Å². The first-order valence-electron chi connectivity index (χ1n) is 7.53. The summed E-state index contributed by atoms with van der Waals surface area (Å²) in [4.78, 5) is 12.2. The Kier molecular flexibility index (Phi) is 5.55. The molecule has 0 saturated heterocycles. The molecule has 24 heavy (non-hydrogen) atoms. The SMILES string of the molecule is CCCn1cnnc1CNC(=O)Nc1cc(S(C)(=O)=O)ccc1C. The molecule has 2 rings (SSSR count). The monoisotopic (exact) mass is 351 g/mol. The number of benzene rings is 1. The Morgan fingerprint density at radius 2 is 2.08 bits per heavy atom. The van der Waals surface area contributed by atoms with Gasteiger partial charge in [0.2, 0.25) is 0 Å². The Morgan fingerprint density at radius 3 is 2.75 bits per heavy atom. The molecule has 0 aliphatic rings. The number of aryl methyl sites for hydroxylation is 2. The minimum absolute atomic E-state index is 0.158. The zero-order valence-electron chi connectivity index (χ0n) is 13.9. The van der Waals surface area contributed by atoms with Crippen LogP contribution in [0.5, 0.6) is 0 Å². The third-order valence-corrected chi connectivity index (χ3v) is 4.56. The molecule has 0 unspecified atom stereocenters. The number of carbonyl (C=O) groups excluding carboxylic acids is 1. The topological polar surface area (TPSA) is 106 Å². The number of anilines is 1. The lowest BCUT2D eigenvalue weighted by Gasteiger charge is -2.11. The number of aromatic nitrogens is 3. The van der Waals surface area contributed by atoms with Crippen LogP contribution < -0.4 is 10.6 Å². The van der Waals surface area contributed by atoms with Crippen molar-refractivity contribution in [1.29, 1.82) is 0 Å². The highest BCUT2D eigenvalue weighted by molar-refractivity contribution is 7.90. The number of amides is 2. The summed E-state index contributed by atoms with van der Waals surface area (Å²) >= 11 is 0. The number of urea groups is 1. The van der Waals surface area contributed by atoms with Gasteiger partial charge in [-0.15, -0.1) is 10.2 Å². The van der Waals surface area contributed by atoms with E-state index in [9.17, 15) is 13.2 Å². The van der Waals surface area contributed by atoms with E-state index in [0.29, 0.717) is 11.5 Å². The van der Waals surface area contributed by atoms with Crippen molar-refractivity contribution in [2.75, 3.05) is 11.6 Å². The van der Waals surface area contributed by atoms with Gasteiger partial charge in [-0.2, -0.15) is 0 Å². The number of rotatable bonds is 6. The molecule has 9 heteroatoms. The first-order chi connectivity index (χ1) is 11.3. The molecular weight excluding hydrogens is 330 g/mol. The van der Waals surface area contributed by atoms with Gasteiger partial charge in [0.15, 0.2) is 15.7 Å². The Labute approximate surface area is 141 Å². The zero-order chi connectivity index (χ0) is 17.7. The summed E-state index contributed by atoms with van der Waals surface area (Å²) in [5.74, 6) is 0.661. The second kappa shape index (κ2) is 7.43. The Hall–Kier alpha value is -2.42. The van der Waals surface area contributed by atoms with E-state index in [4.69, 9.17) is 0 Å². The lowest BCUT2D eigenvalue weighted by molar-refractivity contribution is 0.251. The van der Waals surface area contributed by atoms with Crippen LogP contribution in [-0.4, -0.2) is 35.5 Å². The molecule has 130 valence electrons. The molecule has 8 nitrogen and oxygen atoms in total. The van der Waals surface area contributed by atoms with Gasteiger partial charge in [0, 0.05) is 18.5 Å². The van der Waals surface area contributed by atoms with E-state index in [1.54, 1.807) is 19.3 Å². The van der Waals surface area contributed by atoms with E-state index in [1.807, 2.05) is 11.5 Å². The molecule has 2 aromatic rings. The predicted octanol–water partition coefficient (Wildman–Crippen LogP) is 1.72. The number of hydrogen-bond acceptors (Lipinski definition) is 5. The standard InChI is InChI=1S/C15H21N5O3S/c1-4-7-20-10-17-19-14(20)9-16-15(21)18-13-8-12(24(3,22)23)6-5-11(13)2/h5-6,8,10H,4,7,9H2,1-3H3,(H2,16,18,21). The van der Waals surface area contributed by atoms with Gasteiger partial charge in [-0.3, -0.25) is 0 Å². The molecule has 0 radical (unpaired) electrons. The number of carbonyl (C=O) groups is 1. The number of sulfone groups is 1. The third-order valence-electron chi connectivity index (χ3n) is 3.45. The van der Waals surface area contributed by atoms with Gasteiger partial charge in [0.05, 0.1) is 11.4 Å². The second-order valence-electron chi connectivity index (χ2n) is 5.50. The smallest absolute Gasteiger partial charge is 0.319 e. The van der Waals surface area contributed by atoms with E-state index < -0.39 is 15.9 Å². The van der Waals surface area contributed by atoms with Crippen molar-refractivity contribution >= 4 is 21.6 Å². The summed E-state index contributed by atoms with van der Waals surface area (Å²) in [6, 6.07) is 4.18. The van der Waals surface area contributed by atoms with Crippen LogP contribution in [0.1, 0.15) is 24.7 Å². The molecule has 2 amide bonds. The Morgan fingerprint density at radius 1 is 1.33 bits per heavy atom. The second-order valence-corrected chi connectivity index (χ2v) is 7.51. The molecule has 0 bridgehead atoms. The van der Waals surface area contributed by atoms with Crippen molar-refractivity contribution in [3.8, 4) is 0 Å². The van der Waals surface area contributed by atoms with Crippen molar-refractivity contribution < 1.29 is 13.2 Å². The fraction of sp³-hybridized carbons (Fsp3) is 0.400. The molecule has 0 aliphatic carbocycles. The molecule has 0 atom stereocenters. The average Bonchev–Trinajstić information content (AvgIpc) is 2.94. The van der Waals surface area contributed by atoms with Crippen LogP contribution in [0.3, 0.4) is 0 Å². The van der Waals surface area contributed by atoms with Crippen molar-refractivity contribution in [3.63, 3.8) is 0 Å². The van der Waals surface area contributed by atoms with Crippen LogP contribution >= 0.6 is 0 Å². The van der Waals surface area contributed by atoms with E-state index >= 15 is 0 Å². The van der Waals surface area contributed by atoms with Gasteiger partial charge in [0.25, 0.3) is 0 Å². The molecular formula is C15H21N5O3S. The van der Waals surface area contributed by atoms with Gasteiger partial charge in [-0.1, -0.05) is 13.0 Å². The van der Waals surface area contributed by atoms with E-state index in [-0.39, 0.29) is 11.4 Å². The van der Waals surface area contributed by atoms with Crippen LogP contribution in [0.15, 0.2) is 29.4 Å². The molecule has 1 heterocycles. The van der Waals surface area contributed by atoms with Crippen molar-refractivity contribution in [2.45, 2.75) is 38.3 Å². The first kappa shape index (κ1) is 17.9. The van der Waals surface area contributed by atoms with Crippen LogP contribution in [0, 0.1) is 6.92 Å². The lowest BCUT2D eigenvalue weighted by Crippen LogP contribution is -2.29. The highest BCUT2D eigenvalue weighted by Crippen LogP contribution is 2.20. The molecule has 0 saturated carbocycles. The van der Waals surface area contributed by atoms with Gasteiger partial charge in [-0.25, -0.2) is 13.2 Å². The van der Waals surface area contributed by atoms with Crippen LogP contribution in [-0.2, 0) is 22.9 Å². The van der Waals surface area contributed by atoms with Gasteiger partial charge < -0.3 is 15.2 Å². The summed E-state index contributed by atoms with van der Waals surface area (Å²) in [6.07, 6.45) is 3.69. The average molecular weight is 351 g/mol. The zero-order valence-corrected chi connectivity index (χ0v) is 14.7. The Bertz CT molecular complexity index is 829. The van der Waals surface area contributed by atoms with Crippen LogP contribution in [0.25, 0.3) is 0 Å².